The highest BCUT2D eigenvalue weighted by molar-refractivity contribution is 6.01. The van der Waals surface area contributed by atoms with E-state index in [0.717, 1.165) is 28.3 Å². The molecule has 1 saturated heterocycles. The maximum Gasteiger partial charge on any atom is 0.534 e. The first-order chi connectivity index (χ1) is 24.5. The SMILES string of the molecule is COc1cc(C(C)OC(=O)ON2C(=O)CCC2=O)c([N+](=O)[O-])cc1OCCCC(=O)NCCC(=O)C1Cc2ccccc2C#Cc2ccccc21. The lowest BCUT2D eigenvalue weighted by Gasteiger charge is -2.20. The van der Waals surface area contributed by atoms with Crippen LogP contribution in [0.1, 0.15) is 78.9 Å². The monoisotopic (exact) mass is 697 g/mol. The number of methoxy groups -OCH3 is 1. The number of hydrogen-bond donors (Lipinski definition) is 1. The molecule has 1 heterocycles. The van der Waals surface area contributed by atoms with E-state index in [-0.39, 0.29) is 74.0 Å². The quantitative estimate of drug-likeness (QED) is 0.0607. The highest BCUT2D eigenvalue weighted by Gasteiger charge is 2.35. The minimum absolute atomic E-state index is 0.00451. The third-order valence-corrected chi connectivity index (χ3v) is 8.39. The second kappa shape index (κ2) is 16.4. The van der Waals surface area contributed by atoms with E-state index in [2.05, 4.69) is 22.0 Å². The topological polar surface area (TPSA) is 181 Å². The summed E-state index contributed by atoms with van der Waals surface area (Å²) in [7, 11) is 1.32. The van der Waals surface area contributed by atoms with Crippen molar-refractivity contribution in [3.8, 4) is 23.3 Å². The van der Waals surface area contributed by atoms with Crippen LogP contribution in [-0.2, 0) is 35.2 Å². The van der Waals surface area contributed by atoms with Gasteiger partial charge in [-0.25, -0.2) is 4.79 Å². The Morgan fingerprint density at radius 2 is 1.67 bits per heavy atom. The van der Waals surface area contributed by atoms with Crippen LogP contribution in [0.15, 0.2) is 60.7 Å². The molecule has 0 radical (unpaired) electrons. The zero-order valence-electron chi connectivity index (χ0n) is 28.0. The number of carbonyl (C=O) groups is 5. The van der Waals surface area contributed by atoms with Gasteiger partial charge in [-0.2, -0.15) is 0 Å². The molecule has 1 fully saturated rings. The fourth-order valence-corrected chi connectivity index (χ4v) is 5.77. The Hall–Kier alpha value is -6.23. The Labute approximate surface area is 293 Å². The average molecular weight is 698 g/mol. The molecule has 1 N–H and O–H groups in total. The zero-order valence-corrected chi connectivity index (χ0v) is 28.0. The van der Waals surface area contributed by atoms with E-state index in [1.54, 1.807) is 0 Å². The number of fused-ring (bicyclic) bond motifs is 2. The van der Waals surface area contributed by atoms with Crippen molar-refractivity contribution < 1.29 is 47.9 Å². The molecule has 51 heavy (non-hydrogen) atoms. The summed E-state index contributed by atoms with van der Waals surface area (Å²) in [6.45, 7) is 1.51. The van der Waals surface area contributed by atoms with E-state index in [4.69, 9.17) is 14.2 Å². The Bertz CT molecular complexity index is 1910. The van der Waals surface area contributed by atoms with Gasteiger partial charge in [0.05, 0.1) is 30.3 Å². The number of rotatable bonds is 14. The number of benzene rings is 3. The van der Waals surface area contributed by atoms with Crippen LogP contribution in [0.5, 0.6) is 11.5 Å². The van der Waals surface area contributed by atoms with Gasteiger partial charge in [0.2, 0.25) is 5.91 Å². The summed E-state index contributed by atoms with van der Waals surface area (Å²) in [6.07, 6.45) is -1.89. The minimum Gasteiger partial charge on any atom is -0.493 e. The maximum atomic E-state index is 13.4. The van der Waals surface area contributed by atoms with Gasteiger partial charge in [0.1, 0.15) is 11.9 Å². The number of nitro benzene ring substituents is 1. The normalized spacial score (nSPS) is 15.2. The number of amides is 3. The number of hydrogen-bond acceptors (Lipinski definition) is 11. The van der Waals surface area contributed by atoms with E-state index < -0.39 is 40.6 Å². The third kappa shape index (κ3) is 8.87. The first-order valence-electron chi connectivity index (χ1n) is 16.3. The van der Waals surface area contributed by atoms with Crippen molar-refractivity contribution in [2.75, 3.05) is 20.3 Å². The molecule has 1 aliphatic heterocycles. The first-order valence-corrected chi connectivity index (χ1v) is 16.3. The molecule has 2 aliphatic rings. The van der Waals surface area contributed by atoms with Crippen LogP contribution in [0.3, 0.4) is 0 Å². The van der Waals surface area contributed by atoms with Crippen molar-refractivity contribution in [3.63, 3.8) is 0 Å². The predicted molar refractivity (Wildman–Crippen MR) is 179 cm³/mol. The van der Waals surface area contributed by atoms with E-state index >= 15 is 0 Å². The second-order valence-electron chi connectivity index (χ2n) is 11.8. The molecule has 2 atom stereocenters. The lowest BCUT2D eigenvalue weighted by molar-refractivity contribution is -0.386. The summed E-state index contributed by atoms with van der Waals surface area (Å²) < 4.78 is 16.1. The van der Waals surface area contributed by atoms with Crippen molar-refractivity contribution in [2.24, 2.45) is 0 Å². The summed E-state index contributed by atoms with van der Waals surface area (Å²) in [5.41, 5.74) is 3.05. The molecule has 3 aromatic carbocycles. The van der Waals surface area contributed by atoms with Gasteiger partial charge in [0, 0.05) is 49.3 Å². The van der Waals surface area contributed by atoms with E-state index in [1.807, 2.05) is 48.5 Å². The van der Waals surface area contributed by atoms with Crippen molar-refractivity contribution in [3.05, 3.63) is 98.6 Å². The summed E-state index contributed by atoms with van der Waals surface area (Å²) in [5.74, 6) is 4.41. The molecule has 2 unspecified atom stereocenters. The van der Waals surface area contributed by atoms with Crippen LogP contribution in [0.25, 0.3) is 0 Å². The molecular formula is C37H35N3O11. The Kier molecular flexibility index (Phi) is 11.6. The standard InChI is InChI=1S/C37H35N3O11/c1-23(50-37(45)51-39-35(43)15-16-36(39)44)28-21-32(48-2)33(22-30(28)40(46)47)49-19-7-12-34(42)38-18-17-31(41)29-20-26-10-4-3-8-24(26)13-14-25-9-5-6-11-27(25)29/h3-6,8-11,21-23,29H,7,12,15-20H2,1-2H3,(H,38,42). The molecule has 0 bridgehead atoms. The average Bonchev–Trinajstić information content (AvgIpc) is 3.42. The molecule has 0 saturated carbocycles. The van der Waals surface area contributed by atoms with Gasteiger partial charge >= 0.3 is 6.16 Å². The van der Waals surface area contributed by atoms with Gasteiger partial charge in [-0.15, -0.1) is 0 Å². The van der Waals surface area contributed by atoms with Crippen molar-refractivity contribution >= 4 is 35.3 Å². The summed E-state index contributed by atoms with van der Waals surface area (Å²) in [6, 6.07) is 17.7. The highest BCUT2D eigenvalue weighted by atomic mass is 16.8. The molecule has 3 aromatic rings. The Morgan fingerprint density at radius 1 is 0.980 bits per heavy atom. The number of carbonyl (C=O) groups excluding carboxylic acids is 5. The van der Waals surface area contributed by atoms with Crippen LogP contribution in [0.2, 0.25) is 0 Å². The Balaban J connectivity index is 1.12. The van der Waals surface area contributed by atoms with Crippen LogP contribution < -0.4 is 14.8 Å². The van der Waals surface area contributed by atoms with Crippen molar-refractivity contribution in [1.29, 1.82) is 0 Å². The van der Waals surface area contributed by atoms with Gasteiger partial charge in [0.25, 0.3) is 17.5 Å². The van der Waals surface area contributed by atoms with Crippen molar-refractivity contribution in [1.82, 2.24) is 10.4 Å². The lowest BCUT2D eigenvalue weighted by atomic mass is 9.82. The third-order valence-electron chi connectivity index (χ3n) is 8.39. The lowest BCUT2D eigenvalue weighted by Crippen LogP contribution is -2.32. The zero-order chi connectivity index (χ0) is 36.5. The minimum atomic E-state index is -1.40. The van der Waals surface area contributed by atoms with Crippen molar-refractivity contribution in [2.45, 2.75) is 57.5 Å². The number of nitro groups is 1. The van der Waals surface area contributed by atoms with Gasteiger partial charge < -0.3 is 19.5 Å². The number of ketones is 1. The number of nitrogens with zero attached hydrogens (tertiary/aromatic N) is 2. The van der Waals surface area contributed by atoms with Gasteiger partial charge in [0.15, 0.2) is 11.5 Å². The van der Waals surface area contributed by atoms with E-state index in [1.165, 1.54) is 20.1 Å². The summed E-state index contributed by atoms with van der Waals surface area (Å²) >= 11 is 0. The highest BCUT2D eigenvalue weighted by Crippen LogP contribution is 2.39. The number of nitrogens with one attached hydrogen (secondary N) is 1. The first kappa shape index (κ1) is 36.1. The maximum absolute atomic E-state index is 13.4. The summed E-state index contributed by atoms with van der Waals surface area (Å²) in [5, 5.41) is 15.0. The number of Topliss-reactive ketones (excluding diaryl/α,β-unsaturated/α-hetero) is 1. The van der Waals surface area contributed by atoms with Crippen LogP contribution >= 0.6 is 0 Å². The largest absolute Gasteiger partial charge is 0.534 e. The molecule has 14 heteroatoms. The van der Waals surface area contributed by atoms with Crippen LogP contribution in [0, 0.1) is 22.0 Å². The van der Waals surface area contributed by atoms with Gasteiger partial charge in [-0.3, -0.25) is 34.1 Å². The predicted octanol–water partition coefficient (Wildman–Crippen LogP) is 4.86. The molecule has 0 aromatic heterocycles. The van der Waals surface area contributed by atoms with E-state index in [9.17, 15) is 34.1 Å². The van der Waals surface area contributed by atoms with Gasteiger partial charge in [-0.1, -0.05) is 53.3 Å². The summed E-state index contributed by atoms with van der Waals surface area (Å²) in [4.78, 5) is 77.6. The molecule has 5 rings (SSSR count). The fraction of sp³-hybridized carbons (Fsp3) is 0.324. The molecular weight excluding hydrogens is 662 g/mol. The fourth-order valence-electron chi connectivity index (χ4n) is 5.77. The Morgan fingerprint density at radius 3 is 2.39 bits per heavy atom. The molecule has 3 amide bonds. The molecule has 14 nitrogen and oxygen atoms in total. The molecule has 0 spiro atoms. The molecule has 264 valence electrons. The van der Waals surface area contributed by atoms with Crippen LogP contribution in [0.4, 0.5) is 10.5 Å². The number of imide groups is 1. The van der Waals surface area contributed by atoms with Crippen LogP contribution in [-0.4, -0.2) is 59.9 Å². The smallest absolute Gasteiger partial charge is 0.493 e. The number of ether oxygens (including phenoxy) is 3. The van der Waals surface area contributed by atoms with E-state index in [0.29, 0.717) is 11.5 Å². The van der Waals surface area contributed by atoms with Gasteiger partial charge in [-0.05, 0) is 49.1 Å². The number of hydroxylamine groups is 2. The second-order valence-corrected chi connectivity index (χ2v) is 11.8. The molecule has 1 aliphatic carbocycles.